The van der Waals surface area contributed by atoms with Gasteiger partial charge in [0.2, 0.25) is 0 Å². The fraction of sp³-hybridized carbons (Fsp3) is 0.381. The van der Waals surface area contributed by atoms with Gasteiger partial charge in [0.1, 0.15) is 5.75 Å². The normalized spacial score (nSPS) is 14.7. The van der Waals surface area contributed by atoms with Crippen molar-refractivity contribution in [3.05, 3.63) is 54.1 Å². The second-order valence-electron chi connectivity index (χ2n) is 7.26. The number of anilines is 2. The Labute approximate surface area is 178 Å². The van der Waals surface area contributed by atoms with E-state index in [1.807, 2.05) is 29.2 Å². The van der Waals surface area contributed by atoms with Crippen LogP contribution in [0.4, 0.5) is 11.4 Å². The lowest BCUT2D eigenvalue weighted by atomic mass is 10.1. The lowest BCUT2D eigenvalue weighted by molar-refractivity contribution is 0.0746. The average molecular weight is 433 g/mol. The Balaban J connectivity index is 1.65. The maximum atomic E-state index is 12.9. The van der Waals surface area contributed by atoms with E-state index in [9.17, 15) is 13.2 Å². The molecule has 3 rings (SSSR count). The van der Waals surface area contributed by atoms with E-state index in [0.29, 0.717) is 37.4 Å². The van der Waals surface area contributed by atoms with E-state index in [2.05, 4.69) is 4.90 Å². The van der Waals surface area contributed by atoms with Gasteiger partial charge < -0.3 is 14.5 Å². The molecule has 0 spiro atoms. The van der Waals surface area contributed by atoms with Gasteiger partial charge in [-0.15, -0.1) is 0 Å². The third kappa shape index (κ3) is 4.36. The minimum atomic E-state index is -3.57. The molecular formula is C21H28N4O4S. The highest BCUT2D eigenvalue weighted by atomic mass is 32.2. The number of hydrogen-bond donors (Lipinski definition) is 0. The van der Waals surface area contributed by atoms with E-state index >= 15 is 0 Å². The van der Waals surface area contributed by atoms with Crippen molar-refractivity contribution in [2.45, 2.75) is 0 Å². The SMILES string of the molecule is COc1ccccc1N1CCN(C(=O)c2ccc(N(C)S(=O)(=O)N(C)C)cc2)CC1. The molecule has 1 aliphatic heterocycles. The van der Waals surface area contributed by atoms with Gasteiger partial charge in [-0.1, -0.05) is 12.1 Å². The molecule has 0 aromatic heterocycles. The summed E-state index contributed by atoms with van der Waals surface area (Å²) in [7, 11) is 2.54. The van der Waals surface area contributed by atoms with Crippen LogP contribution < -0.4 is 13.9 Å². The molecule has 30 heavy (non-hydrogen) atoms. The van der Waals surface area contributed by atoms with E-state index in [1.54, 1.807) is 31.4 Å². The Morgan fingerprint density at radius 2 is 1.53 bits per heavy atom. The first-order chi connectivity index (χ1) is 14.3. The molecular weight excluding hydrogens is 404 g/mol. The summed E-state index contributed by atoms with van der Waals surface area (Å²) in [5.74, 6) is 0.768. The van der Waals surface area contributed by atoms with Gasteiger partial charge in [-0.05, 0) is 36.4 Å². The molecule has 0 unspecified atom stereocenters. The van der Waals surface area contributed by atoms with Gasteiger partial charge in [0.05, 0.1) is 18.5 Å². The molecule has 2 aromatic rings. The van der Waals surface area contributed by atoms with Gasteiger partial charge >= 0.3 is 10.2 Å². The van der Waals surface area contributed by atoms with Crippen molar-refractivity contribution < 1.29 is 17.9 Å². The lowest BCUT2D eigenvalue weighted by Gasteiger charge is -2.36. The number of carbonyl (C=O) groups excluding carboxylic acids is 1. The van der Waals surface area contributed by atoms with Crippen molar-refractivity contribution in [1.82, 2.24) is 9.21 Å². The van der Waals surface area contributed by atoms with Gasteiger partial charge in [0.25, 0.3) is 5.91 Å². The Morgan fingerprint density at radius 1 is 0.933 bits per heavy atom. The van der Waals surface area contributed by atoms with E-state index in [1.165, 1.54) is 25.4 Å². The summed E-state index contributed by atoms with van der Waals surface area (Å²) in [6.07, 6.45) is 0. The summed E-state index contributed by atoms with van der Waals surface area (Å²) in [5.41, 5.74) is 2.07. The van der Waals surface area contributed by atoms with Crippen molar-refractivity contribution in [3.8, 4) is 5.75 Å². The maximum Gasteiger partial charge on any atom is 0.303 e. The van der Waals surface area contributed by atoms with Crippen molar-refractivity contribution in [3.63, 3.8) is 0 Å². The second kappa shape index (κ2) is 8.93. The fourth-order valence-corrected chi connectivity index (χ4v) is 4.29. The molecule has 0 saturated carbocycles. The molecule has 0 atom stereocenters. The van der Waals surface area contributed by atoms with Crippen LogP contribution in [0.1, 0.15) is 10.4 Å². The number of nitrogens with zero attached hydrogens (tertiary/aromatic N) is 4. The van der Waals surface area contributed by atoms with Crippen molar-refractivity contribution in [1.29, 1.82) is 0 Å². The average Bonchev–Trinajstić information content (AvgIpc) is 2.78. The number of methoxy groups -OCH3 is 1. The molecule has 0 radical (unpaired) electrons. The highest BCUT2D eigenvalue weighted by molar-refractivity contribution is 7.90. The van der Waals surface area contributed by atoms with Crippen LogP contribution in [-0.4, -0.2) is 78.0 Å². The molecule has 162 valence electrons. The predicted molar refractivity (Wildman–Crippen MR) is 119 cm³/mol. The summed E-state index contributed by atoms with van der Waals surface area (Å²) in [4.78, 5) is 16.9. The monoisotopic (exact) mass is 432 g/mol. The lowest BCUT2D eigenvalue weighted by Crippen LogP contribution is -2.48. The van der Waals surface area contributed by atoms with Crippen LogP contribution in [0, 0.1) is 0 Å². The molecule has 0 aliphatic carbocycles. The van der Waals surface area contributed by atoms with Gasteiger partial charge in [-0.3, -0.25) is 9.10 Å². The van der Waals surface area contributed by atoms with Crippen LogP contribution in [0.5, 0.6) is 5.75 Å². The molecule has 1 heterocycles. The fourth-order valence-electron chi connectivity index (χ4n) is 3.42. The first kappa shape index (κ1) is 21.9. The Hall–Kier alpha value is -2.78. The first-order valence-electron chi connectivity index (χ1n) is 9.69. The minimum absolute atomic E-state index is 0.0562. The van der Waals surface area contributed by atoms with Crippen molar-refractivity contribution in [2.75, 3.05) is 63.6 Å². The van der Waals surface area contributed by atoms with E-state index < -0.39 is 10.2 Å². The molecule has 1 fully saturated rings. The maximum absolute atomic E-state index is 12.9. The van der Waals surface area contributed by atoms with Crippen LogP contribution in [0.3, 0.4) is 0 Å². The van der Waals surface area contributed by atoms with Gasteiger partial charge in [-0.25, -0.2) is 0 Å². The van der Waals surface area contributed by atoms with Crippen LogP contribution in [0.2, 0.25) is 0 Å². The Morgan fingerprint density at radius 3 is 2.10 bits per heavy atom. The minimum Gasteiger partial charge on any atom is -0.495 e. The summed E-state index contributed by atoms with van der Waals surface area (Å²) in [6, 6.07) is 14.5. The number of hydrogen-bond acceptors (Lipinski definition) is 5. The van der Waals surface area contributed by atoms with E-state index in [4.69, 9.17) is 4.74 Å². The highest BCUT2D eigenvalue weighted by Crippen LogP contribution is 2.28. The Bertz CT molecular complexity index is 984. The summed E-state index contributed by atoms with van der Waals surface area (Å²) in [5, 5.41) is 0. The molecule has 8 nitrogen and oxygen atoms in total. The van der Waals surface area contributed by atoms with Crippen molar-refractivity contribution >= 4 is 27.5 Å². The molecule has 0 bridgehead atoms. The Kier molecular flexibility index (Phi) is 6.52. The van der Waals surface area contributed by atoms with Gasteiger partial charge in [0, 0.05) is 52.9 Å². The number of rotatable bonds is 6. The molecule has 0 N–H and O–H groups in total. The number of piperazine rings is 1. The first-order valence-corrected chi connectivity index (χ1v) is 11.1. The van der Waals surface area contributed by atoms with Gasteiger partial charge in [0.15, 0.2) is 0 Å². The van der Waals surface area contributed by atoms with Crippen LogP contribution in [0.25, 0.3) is 0 Å². The zero-order valence-electron chi connectivity index (χ0n) is 17.8. The number of ether oxygens (including phenoxy) is 1. The van der Waals surface area contributed by atoms with Crippen molar-refractivity contribution in [2.24, 2.45) is 0 Å². The highest BCUT2D eigenvalue weighted by Gasteiger charge is 2.25. The summed E-state index contributed by atoms with van der Waals surface area (Å²) >= 11 is 0. The smallest absolute Gasteiger partial charge is 0.303 e. The predicted octanol–water partition coefficient (Wildman–Crippen LogP) is 1.90. The molecule has 1 aliphatic rings. The van der Waals surface area contributed by atoms with E-state index in [0.717, 1.165) is 15.7 Å². The summed E-state index contributed by atoms with van der Waals surface area (Å²) in [6.45, 7) is 2.64. The van der Waals surface area contributed by atoms with Gasteiger partial charge in [-0.2, -0.15) is 12.7 Å². The molecule has 1 amide bonds. The number of para-hydroxylation sites is 2. The topological polar surface area (TPSA) is 73.4 Å². The number of benzene rings is 2. The van der Waals surface area contributed by atoms with E-state index in [-0.39, 0.29) is 5.91 Å². The standard InChI is InChI=1S/C21H28N4O4S/c1-22(2)30(27,28)23(3)18-11-9-17(10-12-18)21(26)25-15-13-24(14-16-25)19-7-5-6-8-20(19)29-4/h5-12H,13-16H2,1-4H3. The third-order valence-electron chi connectivity index (χ3n) is 5.28. The molecule has 2 aromatic carbocycles. The van der Waals surface area contributed by atoms with Crippen LogP contribution >= 0.6 is 0 Å². The quantitative estimate of drug-likeness (QED) is 0.697. The second-order valence-corrected chi connectivity index (χ2v) is 9.43. The number of amides is 1. The zero-order chi connectivity index (χ0) is 21.9. The number of carbonyl (C=O) groups is 1. The third-order valence-corrected chi connectivity index (χ3v) is 7.10. The molecule has 9 heteroatoms. The zero-order valence-corrected chi connectivity index (χ0v) is 18.6. The largest absolute Gasteiger partial charge is 0.495 e. The summed E-state index contributed by atoms with van der Waals surface area (Å²) < 4.78 is 32.3. The van der Waals surface area contributed by atoms with Crippen LogP contribution in [-0.2, 0) is 10.2 Å². The van der Waals surface area contributed by atoms with Crippen LogP contribution in [0.15, 0.2) is 48.5 Å². The molecule has 1 saturated heterocycles.